The van der Waals surface area contributed by atoms with Crippen LogP contribution in [-0.2, 0) is 11.3 Å². The molecule has 0 aliphatic rings. The van der Waals surface area contributed by atoms with Crippen LogP contribution in [0.15, 0.2) is 42.5 Å². The van der Waals surface area contributed by atoms with Gasteiger partial charge in [-0.05, 0) is 48.4 Å². The predicted molar refractivity (Wildman–Crippen MR) is 96.0 cm³/mol. The van der Waals surface area contributed by atoms with Gasteiger partial charge in [0.05, 0.1) is 7.11 Å². The third-order valence-corrected chi connectivity index (χ3v) is 4.06. The number of ether oxygens (including phenoxy) is 2. The molecule has 0 spiro atoms. The summed E-state index contributed by atoms with van der Waals surface area (Å²) in [6.07, 6.45) is -0.0314. The van der Waals surface area contributed by atoms with Crippen LogP contribution in [0.3, 0.4) is 0 Å². The fraction of sp³-hybridized carbons (Fsp3) is 0.278. The third kappa shape index (κ3) is 5.05. The van der Waals surface area contributed by atoms with E-state index in [-0.39, 0.29) is 5.91 Å². The quantitative estimate of drug-likeness (QED) is 0.784. The molecule has 1 amide bonds. The highest BCUT2D eigenvalue weighted by Crippen LogP contribution is 2.21. The highest BCUT2D eigenvalue weighted by atomic mass is 35.5. The van der Waals surface area contributed by atoms with E-state index in [0.29, 0.717) is 28.8 Å². The van der Waals surface area contributed by atoms with Gasteiger partial charge >= 0.3 is 0 Å². The summed E-state index contributed by atoms with van der Waals surface area (Å²) in [6, 6.07) is 12.3. The molecular formula is C18H19Cl2NO3. The Morgan fingerprint density at radius 3 is 2.38 bits per heavy atom. The number of benzene rings is 2. The number of rotatable bonds is 7. The van der Waals surface area contributed by atoms with E-state index in [0.717, 1.165) is 11.3 Å². The van der Waals surface area contributed by atoms with Crippen molar-refractivity contribution in [2.24, 2.45) is 0 Å². The van der Waals surface area contributed by atoms with Crippen LogP contribution in [0.1, 0.15) is 18.9 Å². The first-order valence-corrected chi connectivity index (χ1v) is 8.31. The molecule has 2 rings (SSSR count). The molecule has 2 aromatic carbocycles. The maximum atomic E-state index is 12.3. The van der Waals surface area contributed by atoms with E-state index in [9.17, 15) is 4.79 Å². The van der Waals surface area contributed by atoms with Gasteiger partial charge in [-0.1, -0.05) is 36.2 Å². The lowest BCUT2D eigenvalue weighted by Crippen LogP contribution is -2.37. The molecule has 4 nitrogen and oxygen atoms in total. The normalized spacial score (nSPS) is 11.7. The molecule has 0 saturated heterocycles. The summed E-state index contributed by atoms with van der Waals surface area (Å²) in [7, 11) is 1.60. The minimum Gasteiger partial charge on any atom is -0.497 e. The zero-order chi connectivity index (χ0) is 17.5. The van der Waals surface area contributed by atoms with E-state index in [4.69, 9.17) is 32.7 Å². The topological polar surface area (TPSA) is 47.6 Å². The second kappa shape index (κ2) is 8.81. The number of nitrogens with one attached hydrogen (secondary N) is 1. The van der Waals surface area contributed by atoms with Crippen LogP contribution in [0, 0.1) is 0 Å². The summed E-state index contributed by atoms with van der Waals surface area (Å²) in [5, 5.41) is 3.92. The van der Waals surface area contributed by atoms with Crippen molar-refractivity contribution in [2.45, 2.75) is 26.0 Å². The Hall–Kier alpha value is -1.91. The SMILES string of the molecule is CC[C@@H](Oc1ccc(OC)cc1)C(=O)NCc1ccc(Cl)cc1Cl. The summed E-state index contributed by atoms with van der Waals surface area (Å²) >= 11 is 12.0. The van der Waals surface area contributed by atoms with Gasteiger partial charge in [0.15, 0.2) is 6.10 Å². The number of carbonyl (C=O) groups excluding carboxylic acids is 1. The summed E-state index contributed by atoms with van der Waals surface area (Å²) in [4.78, 5) is 12.3. The Bertz CT molecular complexity index is 689. The van der Waals surface area contributed by atoms with Gasteiger partial charge in [-0.15, -0.1) is 0 Å². The van der Waals surface area contributed by atoms with Gasteiger partial charge in [0, 0.05) is 16.6 Å². The van der Waals surface area contributed by atoms with Crippen molar-refractivity contribution in [3.8, 4) is 11.5 Å². The summed E-state index contributed by atoms with van der Waals surface area (Å²) in [5.74, 6) is 1.15. The average Bonchev–Trinajstić information content (AvgIpc) is 2.59. The lowest BCUT2D eigenvalue weighted by atomic mass is 10.2. The number of amides is 1. The molecule has 0 aromatic heterocycles. The highest BCUT2D eigenvalue weighted by molar-refractivity contribution is 6.35. The number of halogens is 2. The Kier molecular flexibility index (Phi) is 6.76. The van der Waals surface area contributed by atoms with Crippen LogP contribution in [0.2, 0.25) is 10.0 Å². The molecule has 0 heterocycles. The number of methoxy groups -OCH3 is 1. The maximum absolute atomic E-state index is 12.3. The molecule has 128 valence electrons. The zero-order valence-corrected chi connectivity index (χ0v) is 15.0. The van der Waals surface area contributed by atoms with E-state index in [1.54, 1.807) is 49.6 Å². The Morgan fingerprint density at radius 1 is 1.12 bits per heavy atom. The van der Waals surface area contributed by atoms with Crippen molar-refractivity contribution in [2.75, 3.05) is 7.11 Å². The van der Waals surface area contributed by atoms with Crippen molar-refractivity contribution < 1.29 is 14.3 Å². The molecule has 0 aliphatic heterocycles. The first kappa shape index (κ1) is 18.4. The molecule has 2 aromatic rings. The van der Waals surface area contributed by atoms with Gasteiger partial charge in [0.2, 0.25) is 0 Å². The molecule has 0 saturated carbocycles. The Labute approximate surface area is 151 Å². The maximum Gasteiger partial charge on any atom is 0.261 e. The van der Waals surface area contributed by atoms with E-state index in [1.165, 1.54) is 0 Å². The highest BCUT2D eigenvalue weighted by Gasteiger charge is 2.18. The van der Waals surface area contributed by atoms with Gasteiger partial charge in [0.25, 0.3) is 5.91 Å². The van der Waals surface area contributed by atoms with Crippen LogP contribution in [0.4, 0.5) is 0 Å². The first-order chi connectivity index (χ1) is 11.5. The second-order valence-electron chi connectivity index (χ2n) is 5.14. The molecule has 0 aliphatic carbocycles. The average molecular weight is 368 g/mol. The predicted octanol–water partition coefficient (Wildman–Crippen LogP) is 4.48. The minimum atomic E-state index is -0.579. The first-order valence-electron chi connectivity index (χ1n) is 7.55. The molecular weight excluding hydrogens is 349 g/mol. The lowest BCUT2D eigenvalue weighted by Gasteiger charge is -2.17. The molecule has 0 unspecified atom stereocenters. The van der Waals surface area contributed by atoms with Gasteiger partial charge < -0.3 is 14.8 Å². The Balaban J connectivity index is 1.95. The number of hydrogen-bond donors (Lipinski definition) is 1. The van der Waals surface area contributed by atoms with E-state index < -0.39 is 6.10 Å². The van der Waals surface area contributed by atoms with Crippen LogP contribution >= 0.6 is 23.2 Å². The van der Waals surface area contributed by atoms with Gasteiger partial charge in [-0.3, -0.25) is 4.79 Å². The smallest absolute Gasteiger partial charge is 0.261 e. The fourth-order valence-corrected chi connectivity index (χ4v) is 2.58. The molecule has 1 atom stereocenters. The molecule has 0 fully saturated rings. The third-order valence-electron chi connectivity index (χ3n) is 3.47. The van der Waals surface area contributed by atoms with E-state index >= 15 is 0 Å². The second-order valence-corrected chi connectivity index (χ2v) is 5.99. The molecule has 1 N–H and O–H groups in total. The van der Waals surface area contributed by atoms with E-state index in [2.05, 4.69) is 5.32 Å². The largest absolute Gasteiger partial charge is 0.497 e. The van der Waals surface area contributed by atoms with Gasteiger partial charge in [0.1, 0.15) is 11.5 Å². The monoisotopic (exact) mass is 367 g/mol. The van der Waals surface area contributed by atoms with Crippen molar-refractivity contribution >= 4 is 29.1 Å². The molecule has 24 heavy (non-hydrogen) atoms. The molecule has 0 bridgehead atoms. The molecule has 0 radical (unpaired) electrons. The van der Waals surface area contributed by atoms with Crippen molar-refractivity contribution in [3.63, 3.8) is 0 Å². The van der Waals surface area contributed by atoms with Crippen molar-refractivity contribution in [3.05, 3.63) is 58.1 Å². The standard InChI is InChI=1S/C18H19Cl2NO3/c1-3-17(24-15-8-6-14(23-2)7-9-15)18(22)21-11-12-4-5-13(19)10-16(12)20/h4-10,17H,3,11H2,1-2H3,(H,21,22)/t17-/m1/s1. The molecule has 6 heteroatoms. The fourth-order valence-electron chi connectivity index (χ4n) is 2.10. The van der Waals surface area contributed by atoms with Crippen LogP contribution < -0.4 is 14.8 Å². The minimum absolute atomic E-state index is 0.195. The summed E-state index contributed by atoms with van der Waals surface area (Å²) in [5.41, 5.74) is 0.800. The zero-order valence-electron chi connectivity index (χ0n) is 13.5. The van der Waals surface area contributed by atoms with Crippen LogP contribution in [0.25, 0.3) is 0 Å². The summed E-state index contributed by atoms with van der Waals surface area (Å²) < 4.78 is 10.8. The van der Waals surface area contributed by atoms with Gasteiger partial charge in [-0.2, -0.15) is 0 Å². The lowest BCUT2D eigenvalue weighted by molar-refractivity contribution is -0.128. The van der Waals surface area contributed by atoms with Gasteiger partial charge in [-0.25, -0.2) is 0 Å². The van der Waals surface area contributed by atoms with E-state index in [1.807, 2.05) is 6.92 Å². The Morgan fingerprint density at radius 2 is 1.79 bits per heavy atom. The number of hydrogen-bond acceptors (Lipinski definition) is 3. The summed E-state index contributed by atoms with van der Waals surface area (Å²) in [6.45, 7) is 2.21. The van der Waals surface area contributed by atoms with Crippen molar-refractivity contribution in [1.82, 2.24) is 5.32 Å². The van der Waals surface area contributed by atoms with Crippen LogP contribution in [0.5, 0.6) is 11.5 Å². The number of carbonyl (C=O) groups is 1. The van der Waals surface area contributed by atoms with Crippen LogP contribution in [-0.4, -0.2) is 19.1 Å². The van der Waals surface area contributed by atoms with Crippen molar-refractivity contribution in [1.29, 1.82) is 0 Å².